The van der Waals surface area contributed by atoms with Crippen LogP contribution in [0.25, 0.3) is 10.9 Å². The number of benzene rings is 1. The highest BCUT2D eigenvalue weighted by molar-refractivity contribution is 5.98. The van der Waals surface area contributed by atoms with Crippen molar-refractivity contribution in [1.29, 1.82) is 0 Å². The molecule has 0 radical (unpaired) electrons. The van der Waals surface area contributed by atoms with Crippen molar-refractivity contribution in [2.75, 3.05) is 6.54 Å². The number of halogens is 2. The summed E-state index contributed by atoms with van der Waals surface area (Å²) in [7, 11) is 0. The molecule has 1 fully saturated rings. The molecule has 5 heteroatoms. The average molecular weight is 306 g/mol. The number of hydrogen-bond donors (Lipinski definition) is 2. The Kier molecular flexibility index (Phi) is 4.14. The molecule has 0 spiro atoms. The lowest BCUT2D eigenvalue weighted by Gasteiger charge is -2.26. The molecule has 0 saturated heterocycles. The fraction of sp³-hybridized carbons (Fsp3) is 0.471. The maximum absolute atomic E-state index is 13.6. The molecule has 1 amide bonds. The molecule has 1 heterocycles. The molecule has 2 aromatic rings. The topological polar surface area (TPSA) is 44.9 Å². The second kappa shape index (κ2) is 6.07. The van der Waals surface area contributed by atoms with Gasteiger partial charge >= 0.3 is 0 Å². The number of carbonyl (C=O) groups is 1. The lowest BCUT2D eigenvalue weighted by atomic mass is 9.83. The molecule has 3 rings (SSSR count). The molecule has 3 nitrogen and oxygen atoms in total. The van der Waals surface area contributed by atoms with Crippen molar-refractivity contribution in [2.24, 2.45) is 11.8 Å². The molecule has 1 saturated carbocycles. The van der Waals surface area contributed by atoms with E-state index in [4.69, 9.17) is 0 Å². The maximum Gasteiger partial charge on any atom is 0.267 e. The van der Waals surface area contributed by atoms with Gasteiger partial charge in [0.2, 0.25) is 0 Å². The van der Waals surface area contributed by atoms with Crippen LogP contribution < -0.4 is 5.32 Å². The van der Waals surface area contributed by atoms with E-state index in [0.717, 1.165) is 24.8 Å². The van der Waals surface area contributed by atoms with Crippen LogP contribution >= 0.6 is 0 Å². The first-order valence-corrected chi connectivity index (χ1v) is 7.79. The Bertz CT molecular complexity index is 687. The summed E-state index contributed by atoms with van der Waals surface area (Å²) in [6, 6.07) is 3.45. The number of nitrogens with one attached hydrogen (secondary N) is 2. The molecule has 118 valence electrons. The summed E-state index contributed by atoms with van der Waals surface area (Å²) in [5.74, 6) is -0.298. The van der Waals surface area contributed by atoms with E-state index in [0.29, 0.717) is 18.0 Å². The Morgan fingerprint density at radius 2 is 1.95 bits per heavy atom. The summed E-state index contributed by atoms with van der Waals surface area (Å²) < 4.78 is 26.8. The van der Waals surface area contributed by atoms with Gasteiger partial charge in [-0.05, 0) is 36.8 Å². The van der Waals surface area contributed by atoms with E-state index in [1.54, 1.807) is 0 Å². The summed E-state index contributed by atoms with van der Waals surface area (Å²) >= 11 is 0. The number of aromatic nitrogens is 1. The van der Waals surface area contributed by atoms with Crippen LogP contribution in [0.2, 0.25) is 0 Å². The SMILES string of the molecule is CC1CCC(CNC(=O)c2cc3c(F)cc(F)cc3[nH]2)CC1. The van der Waals surface area contributed by atoms with Gasteiger partial charge in [0.1, 0.15) is 17.3 Å². The quantitative estimate of drug-likeness (QED) is 0.884. The van der Waals surface area contributed by atoms with E-state index in [2.05, 4.69) is 17.2 Å². The minimum absolute atomic E-state index is 0.234. The van der Waals surface area contributed by atoms with Gasteiger partial charge in [-0.3, -0.25) is 4.79 Å². The highest BCUT2D eigenvalue weighted by atomic mass is 19.1. The fourth-order valence-corrected chi connectivity index (χ4v) is 3.15. The minimum Gasteiger partial charge on any atom is -0.350 e. The van der Waals surface area contributed by atoms with Crippen molar-refractivity contribution in [1.82, 2.24) is 10.3 Å². The van der Waals surface area contributed by atoms with Gasteiger partial charge in [-0.1, -0.05) is 19.8 Å². The van der Waals surface area contributed by atoms with E-state index >= 15 is 0 Å². The number of rotatable bonds is 3. The monoisotopic (exact) mass is 306 g/mol. The van der Waals surface area contributed by atoms with Gasteiger partial charge in [-0.15, -0.1) is 0 Å². The Morgan fingerprint density at radius 1 is 1.23 bits per heavy atom. The van der Waals surface area contributed by atoms with Crippen LogP contribution in [-0.2, 0) is 0 Å². The van der Waals surface area contributed by atoms with Gasteiger partial charge in [-0.25, -0.2) is 8.78 Å². The highest BCUT2D eigenvalue weighted by Gasteiger charge is 2.19. The first kappa shape index (κ1) is 15.0. The zero-order valence-corrected chi connectivity index (χ0v) is 12.6. The Hall–Kier alpha value is -1.91. The molecule has 1 aromatic carbocycles. The standard InChI is InChI=1S/C17H20F2N2O/c1-10-2-4-11(5-3-10)9-20-17(22)16-8-13-14(19)6-12(18)7-15(13)21-16/h6-8,10-11,21H,2-5,9H2,1H3,(H,20,22). The third-order valence-corrected chi connectivity index (χ3v) is 4.58. The number of fused-ring (bicyclic) bond motifs is 1. The average Bonchev–Trinajstić information content (AvgIpc) is 2.90. The predicted molar refractivity (Wildman–Crippen MR) is 81.7 cm³/mol. The zero-order valence-electron chi connectivity index (χ0n) is 12.6. The van der Waals surface area contributed by atoms with Crippen LogP contribution in [0.4, 0.5) is 8.78 Å². The lowest BCUT2D eigenvalue weighted by Crippen LogP contribution is -2.31. The van der Waals surface area contributed by atoms with Crippen molar-refractivity contribution in [3.63, 3.8) is 0 Å². The van der Waals surface area contributed by atoms with Crippen molar-refractivity contribution in [3.05, 3.63) is 35.5 Å². The molecule has 1 aliphatic carbocycles. The number of H-pyrrole nitrogens is 1. The van der Waals surface area contributed by atoms with Crippen molar-refractivity contribution < 1.29 is 13.6 Å². The van der Waals surface area contributed by atoms with Crippen LogP contribution in [0.1, 0.15) is 43.1 Å². The van der Waals surface area contributed by atoms with E-state index in [9.17, 15) is 13.6 Å². The molecule has 1 aliphatic rings. The van der Waals surface area contributed by atoms with Crippen LogP contribution in [-0.4, -0.2) is 17.4 Å². The second-order valence-electron chi connectivity index (χ2n) is 6.37. The Balaban J connectivity index is 1.66. The van der Waals surface area contributed by atoms with Crippen molar-refractivity contribution >= 4 is 16.8 Å². The largest absolute Gasteiger partial charge is 0.350 e. The summed E-state index contributed by atoms with van der Waals surface area (Å²) in [6.07, 6.45) is 4.68. The van der Waals surface area contributed by atoms with Crippen LogP contribution in [0, 0.1) is 23.5 Å². The van der Waals surface area contributed by atoms with Gasteiger partial charge in [-0.2, -0.15) is 0 Å². The molecule has 0 atom stereocenters. The van der Waals surface area contributed by atoms with Crippen molar-refractivity contribution in [2.45, 2.75) is 32.6 Å². The molecule has 0 bridgehead atoms. The molecule has 0 unspecified atom stereocenters. The smallest absolute Gasteiger partial charge is 0.267 e. The number of aromatic amines is 1. The van der Waals surface area contributed by atoms with Crippen molar-refractivity contribution in [3.8, 4) is 0 Å². The summed E-state index contributed by atoms with van der Waals surface area (Å²) in [5, 5.41) is 3.13. The molecule has 2 N–H and O–H groups in total. The second-order valence-corrected chi connectivity index (χ2v) is 6.37. The maximum atomic E-state index is 13.6. The number of carbonyl (C=O) groups excluding carboxylic acids is 1. The fourth-order valence-electron chi connectivity index (χ4n) is 3.15. The zero-order chi connectivity index (χ0) is 15.7. The van der Waals surface area contributed by atoms with E-state index in [-0.39, 0.29) is 17.0 Å². The number of amides is 1. The molecule has 1 aromatic heterocycles. The van der Waals surface area contributed by atoms with Crippen LogP contribution in [0.3, 0.4) is 0 Å². The van der Waals surface area contributed by atoms with E-state index in [1.165, 1.54) is 25.0 Å². The minimum atomic E-state index is -0.661. The Labute approximate surface area is 128 Å². The van der Waals surface area contributed by atoms with Gasteiger partial charge < -0.3 is 10.3 Å². The highest BCUT2D eigenvalue weighted by Crippen LogP contribution is 2.27. The van der Waals surface area contributed by atoms with Crippen LogP contribution in [0.5, 0.6) is 0 Å². The van der Waals surface area contributed by atoms with E-state index < -0.39 is 11.6 Å². The molecular weight excluding hydrogens is 286 g/mol. The van der Waals surface area contributed by atoms with Gasteiger partial charge in [0.15, 0.2) is 0 Å². The Morgan fingerprint density at radius 3 is 2.68 bits per heavy atom. The third kappa shape index (κ3) is 3.13. The summed E-state index contributed by atoms with van der Waals surface area (Å²) in [4.78, 5) is 14.9. The summed E-state index contributed by atoms with van der Waals surface area (Å²) in [6.45, 7) is 2.89. The molecule has 0 aliphatic heterocycles. The first-order valence-electron chi connectivity index (χ1n) is 7.79. The predicted octanol–water partition coefficient (Wildman–Crippen LogP) is 4.00. The molecule has 22 heavy (non-hydrogen) atoms. The van der Waals surface area contributed by atoms with Crippen LogP contribution in [0.15, 0.2) is 18.2 Å². The first-order chi connectivity index (χ1) is 10.5. The van der Waals surface area contributed by atoms with Gasteiger partial charge in [0.05, 0.1) is 5.52 Å². The number of hydrogen-bond acceptors (Lipinski definition) is 1. The van der Waals surface area contributed by atoms with Gasteiger partial charge in [0.25, 0.3) is 5.91 Å². The van der Waals surface area contributed by atoms with Gasteiger partial charge in [0, 0.05) is 18.0 Å². The molecular formula is C17H20F2N2O. The normalized spacial score (nSPS) is 22.0. The van der Waals surface area contributed by atoms with E-state index in [1.807, 2.05) is 0 Å². The lowest BCUT2D eigenvalue weighted by molar-refractivity contribution is 0.0937. The third-order valence-electron chi connectivity index (χ3n) is 4.58. The summed E-state index contributed by atoms with van der Waals surface area (Å²) in [5.41, 5.74) is 0.567.